The summed E-state index contributed by atoms with van der Waals surface area (Å²) >= 11 is 0. The number of nitrogens with one attached hydrogen (secondary N) is 2. The Morgan fingerprint density at radius 2 is 2.10 bits per heavy atom. The van der Waals surface area contributed by atoms with Crippen LogP contribution in [0.3, 0.4) is 0 Å². The summed E-state index contributed by atoms with van der Waals surface area (Å²) in [6, 6.07) is 5.06. The van der Waals surface area contributed by atoms with Gasteiger partial charge in [0, 0.05) is 0 Å². The van der Waals surface area contributed by atoms with Gasteiger partial charge in [-0.05, 0) is 30.9 Å². The normalized spacial score (nSPS) is 25.1. The minimum Gasteiger partial charge on any atom is -0.480 e. The van der Waals surface area contributed by atoms with Crippen molar-refractivity contribution in [1.29, 1.82) is 0 Å². The van der Waals surface area contributed by atoms with E-state index in [1.807, 2.05) is 6.92 Å². The van der Waals surface area contributed by atoms with Gasteiger partial charge in [-0.25, -0.2) is 14.0 Å². The molecule has 0 spiro atoms. The number of aliphatic carboxylic acids is 1. The SMILES string of the molecule is CC1CCCC(NC(=O)Nc2ccccc2F)(C(=O)O)C1. The first kappa shape index (κ1) is 15.3. The van der Waals surface area contributed by atoms with Gasteiger partial charge in [-0.2, -0.15) is 0 Å². The zero-order valence-electron chi connectivity index (χ0n) is 11.9. The number of carbonyl (C=O) groups is 2. The molecule has 1 aromatic rings. The van der Waals surface area contributed by atoms with Crippen molar-refractivity contribution in [2.75, 3.05) is 5.32 Å². The molecule has 6 heteroatoms. The number of carboxylic acids is 1. The molecule has 5 nitrogen and oxygen atoms in total. The maximum atomic E-state index is 13.5. The number of hydrogen-bond donors (Lipinski definition) is 3. The van der Waals surface area contributed by atoms with E-state index in [2.05, 4.69) is 10.6 Å². The molecule has 0 bridgehead atoms. The van der Waals surface area contributed by atoms with E-state index in [-0.39, 0.29) is 11.6 Å². The number of amides is 2. The quantitative estimate of drug-likeness (QED) is 0.802. The van der Waals surface area contributed by atoms with Gasteiger partial charge >= 0.3 is 12.0 Å². The Kier molecular flexibility index (Phi) is 4.45. The summed E-state index contributed by atoms with van der Waals surface area (Å²) in [6.45, 7) is 1.97. The lowest BCUT2D eigenvalue weighted by atomic mass is 9.76. The number of para-hydroxylation sites is 1. The Bertz CT molecular complexity index is 549. The lowest BCUT2D eigenvalue weighted by molar-refractivity contribution is -0.146. The number of rotatable bonds is 3. The fourth-order valence-corrected chi connectivity index (χ4v) is 2.85. The van der Waals surface area contributed by atoms with Crippen molar-refractivity contribution in [3.8, 4) is 0 Å². The first-order chi connectivity index (χ1) is 9.93. The Labute approximate surface area is 122 Å². The summed E-state index contributed by atoms with van der Waals surface area (Å²) in [5.41, 5.74) is -1.24. The Morgan fingerprint density at radius 1 is 1.38 bits per heavy atom. The number of hydrogen-bond acceptors (Lipinski definition) is 2. The molecule has 2 rings (SSSR count). The van der Waals surface area contributed by atoms with Crippen LogP contribution in [0, 0.1) is 11.7 Å². The van der Waals surface area contributed by atoms with Crippen LogP contribution in [0.2, 0.25) is 0 Å². The first-order valence-corrected chi connectivity index (χ1v) is 7.00. The van der Waals surface area contributed by atoms with Crippen molar-refractivity contribution in [3.63, 3.8) is 0 Å². The van der Waals surface area contributed by atoms with Gasteiger partial charge in [0.2, 0.25) is 0 Å². The molecule has 0 radical (unpaired) electrons. The van der Waals surface area contributed by atoms with Crippen molar-refractivity contribution >= 4 is 17.7 Å². The number of urea groups is 1. The number of benzene rings is 1. The Hall–Kier alpha value is -2.11. The largest absolute Gasteiger partial charge is 0.480 e. The van der Waals surface area contributed by atoms with Crippen molar-refractivity contribution in [2.24, 2.45) is 5.92 Å². The van der Waals surface area contributed by atoms with Crippen molar-refractivity contribution in [3.05, 3.63) is 30.1 Å². The van der Waals surface area contributed by atoms with Gasteiger partial charge in [-0.1, -0.05) is 31.9 Å². The molecule has 2 amide bonds. The van der Waals surface area contributed by atoms with E-state index < -0.39 is 23.4 Å². The fraction of sp³-hybridized carbons (Fsp3) is 0.467. The lowest BCUT2D eigenvalue weighted by Crippen LogP contribution is -2.57. The van der Waals surface area contributed by atoms with Gasteiger partial charge in [0.1, 0.15) is 11.4 Å². The number of halogens is 1. The summed E-state index contributed by atoms with van der Waals surface area (Å²) in [4.78, 5) is 23.6. The minimum absolute atomic E-state index is 0.0272. The summed E-state index contributed by atoms with van der Waals surface area (Å²) in [5, 5.41) is 14.3. The average Bonchev–Trinajstić information content (AvgIpc) is 2.41. The molecule has 0 aromatic heterocycles. The van der Waals surface area contributed by atoms with E-state index >= 15 is 0 Å². The molecule has 1 aliphatic rings. The second-order valence-corrected chi connectivity index (χ2v) is 5.65. The van der Waals surface area contributed by atoms with Crippen molar-refractivity contribution < 1.29 is 19.1 Å². The van der Waals surface area contributed by atoms with Gasteiger partial charge in [-0.15, -0.1) is 0 Å². The van der Waals surface area contributed by atoms with E-state index in [9.17, 15) is 19.1 Å². The molecule has 2 atom stereocenters. The molecule has 0 aliphatic heterocycles. The average molecular weight is 294 g/mol. The van der Waals surface area contributed by atoms with Crippen LogP contribution < -0.4 is 10.6 Å². The second kappa shape index (κ2) is 6.11. The molecule has 1 aromatic carbocycles. The molecule has 1 aliphatic carbocycles. The van der Waals surface area contributed by atoms with Gasteiger partial charge in [0.15, 0.2) is 0 Å². The van der Waals surface area contributed by atoms with Crippen LogP contribution in [-0.4, -0.2) is 22.6 Å². The Morgan fingerprint density at radius 3 is 2.71 bits per heavy atom. The molecule has 21 heavy (non-hydrogen) atoms. The highest BCUT2D eigenvalue weighted by Gasteiger charge is 2.43. The summed E-state index contributed by atoms with van der Waals surface area (Å²) < 4.78 is 13.5. The molecule has 1 fully saturated rings. The molecular formula is C15H19FN2O3. The minimum atomic E-state index is -1.27. The molecule has 114 valence electrons. The molecular weight excluding hydrogens is 275 g/mol. The highest BCUT2D eigenvalue weighted by atomic mass is 19.1. The van der Waals surface area contributed by atoms with Crippen LogP contribution in [0.25, 0.3) is 0 Å². The first-order valence-electron chi connectivity index (χ1n) is 7.00. The van der Waals surface area contributed by atoms with E-state index in [1.54, 1.807) is 6.07 Å². The van der Waals surface area contributed by atoms with Crippen molar-refractivity contribution in [1.82, 2.24) is 5.32 Å². The fourth-order valence-electron chi connectivity index (χ4n) is 2.85. The monoisotopic (exact) mass is 294 g/mol. The van der Waals surface area contributed by atoms with Crippen LogP contribution in [0.4, 0.5) is 14.9 Å². The van der Waals surface area contributed by atoms with Gasteiger partial charge in [0.25, 0.3) is 0 Å². The van der Waals surface area contributed by atoms with Crippen LogP contribution in [0.15, 0.2) is 24.3 Å². The highest BCUT2D eigenvalue weighted by Crippen LogP contribution is 2.32. The smallest absolute Gasteiger partial charge is 0.329 e. The third kappa shape index (κ3) is 3.51. The topological polar surface area (TPSA) is 78.4 Å². The molecule has 1 saturated carbocycles. The van der Waals surface area contributed by atoms with E-state index in [4.69, 9.17) is 0 Å². The van der Waals surface area contributed by atoms with Gasteiger partial charge < -0.3 is 15.7 Å². The van der Waals surface area contributed by atoms with E-state index in [1.165, 1.54) is 18.2 Å². The number of carboxylic acid groups (broad SMARTS) is 1. The highest BCUT2D eigenvalue weighted by molar-refractivity contribution is 5.94. The second-order valence-electron chi connectivity index (χ2n) is 5.65. The van der Waals surface area contributed by atoms with Crippen LogP contribution in [-0.2, 0) is 4.79 Å². The van der Waals surface area contributed by atoms with E-state index in [0.29, 0.717) is 12.8 Å². The molecule has 2 unspecified atom stereocenters. The van der Waals surface area contributed by atoms with Gasteiger partial charge in [-0.3, -0.25) is 0 Å². The van der Waals surface area contributed by atoms with Crippen LogP contribution in [0.5, 0.6) is 0 Å². The number of anilines is 1. The van der Waals surface area contributed by atoms with Crippen LogP contribution >= 0.6 is 0 Å². The lowest BCUT2D eigenvalue weighted by Gasteiger charge is -2.36. The third-order valence-corrected chi connectivity index (χ3v) is 3.88. The molecule has 3 N–H and O–H groups in total. The third-order valence-electron chi connectivity index (χ3n) is 3.88. The summed E-state index contributed by atoms with van der Waals surface area (Å²) in [5.74, 6) is -1.38. The summed E-state index contributed by atoms with van der Waals surface area (Å²) in [6.07, 6.45) is 2.46. The number of carbonyl (C=O) groups excluding carboxylic acids is 1. The zero-order chi connectivity index (χ0) is 15.5. The predicted molar refractivity (Wildman–Crippen MR) is 76.6 cm³/mol. The standard InChI is InChI=1S/C15H19FN2O3/c1-10-5-4-8-15(9-10,13(19)20)18-14(21)17-12-7-3-2-6-11(12)16/h2-3,6-7,10H,4-5,8-9H2,1H3,(H,19,20)(H2,17,18,21). The molecule has 0 heterocycles. The predicted octanol–water partition coefficient (Wildman–Crippen LogP) is 2.98. The van der Waals surface area contributed by atoms with Crippen LogP contribution in [0.1, 0.15) is 32.6 Å². The maximum absolute atomic E-state index is 13.5. The zero-order valence-corrected chi connectivity index (χ0v) is 11.9. The Balaban J connectivity index is 2.09. The summed E-state index contributed by atoms with van der Waals surface area (Å²) in [7, 11) is 0. The maximum Gasteiger partial charge on any atom is 0.329 e. The van der Waals surface area contributed by atoms with E-state index in [0.717, 1.165) is 12.8 Å². The molecule has 0 saturated heterocycles. The van der Waals surface area contributed by atoms with Gasteiger partial charge in [0.05, 0.1) is 5.69 Å². The van der Waals surface area contributed by atoms with Crippen molar-refractivity contribution in [2.45, 2.75) is 38.1 Å².